The monoisotopic (exact) mass is 431 g/mol. The summed E-state index contributed by atoms with van der Waals surface area (Å²) in [7, 11) is 0. The van der Waals surface area contributed by atoms with Crippen LogP contribution in [-0.2, 0) is 4.79 Å². The van der Waals surface area contributed by atoms with Crippen molar-refractivity contribution >= 4 is 23.2 Å². The van der Waals surface area contributed by atoms with E-state index in [1.54, 1.807) is 47.6 Å². The lowest BCUT2D eigenvalue weighted by Crippen LogP contribution is -2.39. The van der Waals surface area contributed by atoms with E-state index < -0.39 is 0 Å². The number of aromatic nitrogens is 1. The quantitative estimate of drug-likeness (QED) is 0.540. The molecule has 164 valence electrons. The van der Waals surface area contributed by atoms with Gasteiger partial charge in [-0.2, -0.15) is 0 Å². The number of fused-ring (bicyclic) bond motifs is 1. The van der Waals surface area contributed by atoms with Crippen LogP contribution >= 0.6 is 0 Å². The largest absolute Gasteiger partial charge is 0.494 e. The normalized spacial score (nSPS) is 12.7. The fourth-order valence-electron chi connectivity index (χ4n) is 3.43. The topological polar surface area (TPSA) is 80.8 Å². The molecule has 2 heterocycles. The van der Waals surface area contributed by atoms with E-state index in [1.807, 2.05) is 31.2 Å². The average molecular weight is 431 g/mol. The molecule has 0 radical (unpaired) electrons. The zero-order valence-electron chi connectivity index (χ0n) is 17.9. The molecule has 1 aliphatic rings. The molecule has 2 aromatic carbocycles. The first kappa shape index (κ1) is 21.4. The predicted molar refractivity (Wildman–Crippen MR) is 122 cm³/mol. The third-order valence-electron chi connectivity index (χ3n) is 5.17. The molecular formula is C25H25N3O4. The number of aryl methyl sites for hydroxylation is 1. The molecule has 1 aliphatic heterocycles. The van der Waals surface area contributed by atoms with Crippen molar-refractivity contribution < 1.29 is 19.1 Å². The summed E-state index contributed by atoms with van der Waals surface area (Å²) in [5.74, 6) is 1.13. The smallest absolute Gasteiger partial charge is 0.265 e. The van der Waals surface area contributed by atoms with Gasteiger partial charge in [-0.05, 0) is 62.2 Å². The number of hydrogen-bond donors (Lipinski definition) is 1. The van der Waals surface area contributed by atoms with Gasteiger partial charge < -0.3 is 19.7 Å². The Kier molecular flexibility index (Phi) is 6.65. The zero-order valence-corrected chi connectivity index (χ0v) is 17.9. The summed E-state index contributed by atoms with van der Waals surface area (Å²) in [6.45, 7) is 3.18. The molecule has 0 bridgehead atoms. The summed E-state index contributed by atoms with van der Waals surface area (Å²) in [5, 5.41) is 2.86. The van der Waals surface area contributed by atoms with Crippen LogP contribution in [0, 0.1) is 6.92 Å². The third kappa shape index (κ3) is 5.24. The summed E-state index contributed by atoms with van der Waals surface area (Å²) in [4.78, 5) is 30.6. The molecule has 7 nitrogen and oxygen atoms in total. The van der Waals surface area contributed by atoms with E-state index in [9.17, 15) is 9.59 Å². The number of nitrogens with zero attached hydrogens (tertiary/aromatic N) is 2. The molecule has 2 amide bonds. The number of pyridine rings is 1. The maximum absolute atomic E-state index is 12.5. The van der Waals surface area contributed by atoms with Gasteiger partial charge in [0, 0.05) is 30.2 Å². The summed E-state index contributed by atoms with van der Waals surface area (Å²) < 4.78 is 11.3. The average Bonchev–Trinajstić information content (AvgIpc) is 2.82. The van der Waals surface area contributed by atoms with Gasteiger partial charge in [0.15, 0.2) is 6.61 Å². The van der Waals surface area contributed by atoms with Gasteiger partial charge in [0.2, 0.25) is 0 Å². The van der Waals surface area contributed by atoms with Crippen LogP contribution in [0.3, 0.4) is 0 Å². The number of ether oxygens (including phenoxy) is 2. The van der Waals surface area contributed by atoms with Gasteiger partial charge in [0.05, 0.1) is 12.3 Å². The summed E-state index contributed by atoms with van der Waals surface area (Å²) in [6.07, 6.45) is 4.73. The van der Waals surface area contributed by atoms with Gasteiger partial charge in [-0.25, -0.2) is 0 Å². The highest BCUT2D eigenvalue weighted by Gasteiger charge is 2.25. The van der Waals surface area contributed by atoms with Crippen LogP contribution in [0.15, 0.2) is 67.0 Å². The Labute approximate surface area is 187 Å². The second-order valence-electron chi connectivity index (χ2n) is 7.58. The van der Waals surface area contributed by atoms with Crippen molar-refractivity contribution in [2.75, 3.05) is 30.0 Å². The molecule has 1 aromatic heterocycles. The number of nitrogens with one attached hydrogen (secondary N) is 1. The Balaban J connectivity index is 1.36. The number of anilines is 2. The number of amides is 2. The van der Waals surface area contributed by atoms with Crippen molar-refractivity contribution in [1.82, 2.24) is 4.98 Å². The number of carbonyl (C=O) groups excluding carboxylic acids is 2. The summed E-state index contributed by atoms with van der Waals surface area (Å²) in [5.41, 5.74) is 2.96. The number of carbonyl (C=O) groups is 2. The molecule has 32 heavy (non-hydrogen) atoms. The molecule has 0 unspecified atom stereocenters. The van der Waals surface area contributed by atoms with Gasteiger partial charge in [-0.1, -0.05) is 17.7 Å². The van der Waals surface area contributed by atoms with Crippen molar-refractivity contribution in [2.24, 2.45) is 0 Å². The SMILES string of the molecule is Cc1ccc(OCCCCN2C(=O)COc3ccc(NC(=O)c4ccncc4)cc32)cc1. The first-order valence-corrected chi connectivity index (χ1v) is 10.6. The first-order valence-electron chi connectivity index (χ1n) is 10.6. The van der Waals surface area contributed by atoms with E-state index in [0.717, 1.165) is 18.6 Å². The van der Waals surface area contributed by atoms with Crippen LogP contribution in [-0.4, -0.2) is 36.6 Å². The van der Waals surface area contributed by atoms with E-state index in [-0.39, 0.29) is 18.4 Å². The highest BCUT2D eigenvalue weighted by atomic mass is 16.5. The zero-order chi connectivity index (χ0) is 22.3. The van der Waals surface area contributed by atoms with Crippen LogP contribution in [0.1, 0.15) is 28.8 Å². The lowest BCUT2D eigenvalue weighted by molar-refractivity contribution is -0.121. The Hall–Kier alpha value is -3.87. The van der Waals surface area contributed by atoms with Gasteiger partial charge in [0.1, 0.15) is 11.5 Å². The lowest BCUT2D eigenvalue weighted by Gasteiger charge is -2.30. The van der Waals surface area contributed by atoms with Gasteiger partial charge >= 0.3 is 0 Å². The van der Waals surface area contributed by atoms with Crippen molar-refractivity contribution in [3.8, 4) is 11.5 Å². The van der Waals surface area contributed by atoms with Gasteiger partial charge in [-0.3, -0.25) is 14.6 Å². The Morgan fingerprint density at radius 2 is 1.88 bits per heavy atom. The maximum atomic E-state index is 12.5. The van der Waals surface area contributed by atoms with Crippen LogP contribution < -0.4 is 19.7 Å². The van der Waals surface area contributed by atoms with Crippen LogP contribution in [0.25, 0.3) is 0 Å². The molecule has 4 rings (SSSR count). The minimum Gasteiger partial charge on any atom is -0.494 e. The van der Waals surface area contributed by atoms with Crippen LogP contribution in [0.5, 0.6) is 11.5 Å². The van der Waals surface area contributed by atoms with Crippen molar-refractivity contribution in [1.29, 1.82) is 0 Å². The number of unbranched alkanes of at least 4 members (excludes halogenated alkanes) is 1. The Morgan fingerprint density at radius 1 is 1.09 bits per heavy atom. The Bertz CT molecular complexity index is 1080. The molecule has 0 atom stereocenters. The maximum Gasteiger partial charge on any atom is 0.265 e. The molecule has 0 aliphatic carbocycles. The number of benzene rings is 2. The Morgan fingerprint density at radius 3 is 2.66 bits per heavy atom. The van der Waals surface area contributed by atoms with E-state index in [2.05, 4.69) is 10.3 Å². The lowest BCUT2D eigenvalue weighted by atomic mass is 10.1. The highest BCUT2D eigenvalue weighted by Crippen LogP contribution is 2.35. The number of hydrogen-bond acceptors (Lipinski definition) is 5. The van der Waals surface area contributed by atoms with E-state index in [1.165, 1.54) is 5.56 Å². The molecule has 7 heteroatoms. The molecule has 0 saturated carbocycles. The number of rotatable bonds is 8. The van der Waals surface area contributed by atoms with E-state index in [0.29, 0.717) is 35.8 Å². The van der Waals surface area contributed by atoms with Gasteiger partial charge in [-0.15, -0.1) is 0 Å². The van der Waals surface area contributed by atoms with Gasteiger partial charge in [0.25, 0.3) is 11.8 Å². The molecule has 0 spiro atoms. The fraction of sp³-hybridized carbons (Fsp3) is 0.240. The second-order valence-corrected chi connectivity index (χ2v) is 7.58. The van der Waals surface area contributed by atoms with Crippen LogP contribution in [0.2, 0.25) is 0 Å². The van der Waals surface area contributed by atoms with E-state index >= 15 is 0 Å². The van der Waals surface area contributed by atoms with E-state index in [4.69, 9.17) is 9.47 Å². The van der Waals surface area contributed by atoms with Crippen LogP contribution in [0.4, 0.5) is 11.4 Å². The first-order chi connectivity index (χ1) is 15.6. The van der Waals surface area contributed by atoms with Crippen molar-refractivity contribution in [3.63, 3.8) is 0 Å². The molecule has 1 N–H and O–H groups in total. The standard InChI is InChI=1S/C25H25N3O4/c1-18-4-7-21(8-5-18)31-15-3-2-14-28-22-16-20(6-9-23(22)32-17-24(28)29)27-25(30)19-10-12-26-13-11-19/h4-13,16H,2-3,14-15,17H2,1H3,(H,27,30). The predicted octanol–water partition coefficient (Wildman–Crippen LogP) is 4.23. The fourth-order valence-corrected chi connectivity index (χ4v) is 3.43. The molecule has 3 aromatic rings. The van der Waals surface area contributed by atoms with Crippen molar-refractivity contribution in [3.05, 3.63) is 78.1 Å². The molecular weight excluding hydrogens is 406 g/mol. The third-order valence-corrected chi connectivity index (χ3v) is 5.17. The molecule has 0 fully saturated rings. The summed E-state index contributed by atoms with van der Waals surface area (Å²) >= 11 is 0. The highest BCUT2D eigenvalue weighted by molar-refractivity contribution is 6.05. The molecule has 0 saturated heterocycles. The second kappa shape index (κ2) is 9.96. The summed E-state index contributed by atoms with van der Waals surface area (Å²) in [6, 6.07) is 16.6. The minimum atomic E-state index is -0.241. The minimum absolute atomic E-state index is 0.00951. The van der Waals surface area contributed by atoms with Crippen molar-refractivity contribution in [2.45, 2.75) is 19.8 Å².